The Balaban J connectivity index is 0.000000672. The molecular weight excluding hydrogens is 544 g/mol. The maximum Gasteiger partial charge on any atom is 0.269 e. The zero-order chi connectivity index (χ0) is 31.9. The minimum absolute atomic E-state index is 0.173. The summed E-state index contributed by atoms with van der Waals surface area (Å²) in [5.41, 5.74) is 2.72. The number of quaternary nitrogens is 2. The van der Waals surface area contributed by atoms with Crippen molar-refractivity contribution in [1.29, 1.82) is 0 Å². The molecule has 0 saturated carbocycles. The number of rotatable bonds is 16. The Morgan fingerprint density at radius 2 is 0.857 bits per heavy atom. The van der Waals surface area contributed by atoms with Crippen molar-refractivity contribution in [2.75, 3.05) is 39.3 Å². The Labute approximate surface area is 248 Å². The van der Waals surface area contributed by atoms with Crippen molar-refractivity contribution in [2.24, 2.45) is 0 Å². The number of carboxylic acids is 2. The van der Waals surface area contributed by atoms with Crippen LogP contribution in [-0.2, 0) is 22.4 Å². The number of unbranched alkanes of at least 4 members (excludes halogenated alkanes) is 2. The highest BCUT2D eigenvalue weighted by Gasteiger charge is 2.06. The molecule has 2 rings (SSSR count). The Hall–Kier alpha value is -3.90. The molecule has 0 bridgehead atoms. The van der Waals surface area contributed by atoms with E-state index in [-0.39, 0.29) is 21.2 Å². The molecule has 0 unspecified atom stereocenters. The molecule has 0 aliphatic heterocycles. The molecule has 12 nitrogen and oxygen atoms in total. The Bertz CT molecular complexity index is 968. The van der Waals surface area contributed by atoms with E-state index in [0.717, 1.165) is 25.7 Å². The van der Waals surface area contributed by atoms with Gasteiger partial charge in [0.15, 0.2) is 0 Å². The van der Waals surface area contributed by atoms with Crippen molar-refractivity contribution < 1.29 is 39.4 Å². The number of benzene rings is 2. The molecule has 0 saturated heterocycles. The van der Waals surface area contributed by atoms with Crippen LogP contribution in [0.3, 0.4) is 0 Å². The largest absolute Gasteiger partial charge is 0.543 e. The molecule has 42 heavy (non-hydrogen) atoms. The van der Waals surface area contributed by atoms with Crippen LogP contribution in [0.2, 0.25) is 0 Å². The number of nitrogens with zero attached hydrogens (tertiary/aromatic N) is 2. The third-order valence-corrected chi connectivity index (χ3v) is 6.95. The molecule has 0 fully saturated rings. The van der Waals surface area contributed by atoms with Gasteiger partial charge in [0, 0.05) is 24.3 Å². The summed E-state index contributed by atoms with van der Waals surface area (Å²) in [6.45, 7) is 16.1. The summed E-state index contributed by atoms with van der Waals surface area (Å²) in [5, 5.41) is 38.9. The molecule has 0 aromatic heterocycles. The molecule has 0 atom stereocenters. The van der Waals surface area contributed by atoms with Crippen LogP contribution >= 0.6 is 0 Å². The number of carbonyl (C=O) groups excluding carboxylic acids is 2. The van der Waals surface area contributed by atoms with E-state index in [2.05, 4.69) is 27.7 Å². The maximum atomic E-state index is 10.5. The monoisotopic (exact) mass is 590 g/mol. The van der Waals surface area contributed by atoms with Gasteiger partial charge in [0.1, 0.15) is 0 Å². The summed E-state index contributed by atoms with van der Waals surface area (Å²) in [5.74, 6) is -4.37. The number of aryl methyl sites for hydroxylation is 2. The molecule has 234 valence electrons. The number of hydrogen-bond acceptors (Lipinski definition) is 8. The molecule has 0 amide bonds. The molecule has 2 N–H and O–H groups in total. The third-order valence-electron chi connectivity index (χ3n) is 6.95. The lowest BCUT2D eigenvalue weighted by molar-refractivity contribution is -0.896. The SMILES string of the molecule is CC[NH+](CC)CCCCc1ccc([N+](=O)[O-])cc1.CC[NH+](CC)CCCCc1ccc([N+](=O)[O-])cc1.O=C([O-])C(=O)[O-]. The maximum absolute atomic E-state index is 10.5. The van der Waals surface area contributed by atoms with Crippen LogP contribution in [-0.4, -0.2) is 61.1 Å². The fourth-order valence-corrected chi connectivity index (χ4v) is 4.18. The first kappa shape index (κ1) is 38.1. The molecule has 2 aromatic carbocycles. The second-order valence-electron chi connectivity index (χ2n) is 9.75. The van der Waals surface area contributed by atoms with Gasteiger partial charge in [-0.15, -0.1) is 0 Å². The Morgan fingerprint density at radius 3 is 1.07 bits per heavy atom. The van der Waals surface area contributed by atoms with Crippen LogP contribution < -0.4 is 20.0 Å². The molecule has 0 aliphatic carbocycles. The number of carboxylic acid groups (broad SMARTS) is 2. The lowest BCUT2D eigenvalue weighted by Crippen LogP contribution is -3.11. The number of carbonyl (C=O) groups is 2. The van der Waals surface area contributed by atoms with Crippen LogP contribution in [0.5, 0.6) is 0 Å². The minimum Gasteiger partial charge on any atom is -0.543 e. The minimum atomic E-state index is -2.19. The van der Waals surface area contributed by atoms with Crippen molar-refractivity contribution in [1.82, 2.24) is 0 Å². The van der Waals surface area contributed by atoms with Gasteiger partial charge in [-0.25, -0.2) is 0 Å². The zero-order valence-electron chi connectivity index (χ0n) is 25.3. The van der Waals surface area contributed by atoms with Crippen molar-refractivity contribution in [3.8, 4) is 0 Å². The fourth-order valence-electron chi connectivity index (χ4n) is 4.18. The van der Waals surface area contributed by atoms with E-state index in [9.17, 15) is 20.2 Å². The average Bonchev–Trinajstić information content (AvgIpc) is 2.98. The molecule has 0 spiro atoms. The summed E-state index contributed by atoms with van der Waals surface area (Å²) in [6.07, 6.45) is 6.77. The molecule has 2 aromatic rings. The second-order valence-corrected chi connectivity index (χ2v) is 9.75. The highest BCUT2D eigenvalue weighted by molar-refractivity contribution is 6.25. The molecule has 0 heterocycles. The quantitative estimate of drug-likeness (QED) is 0.120. The predicted molar refractivity (Wildman–Crippen MR) is 156 cm³/mol. The summed E-state index contributed by atoms with van der Waals surface area (Å²) in [4.78, 5) is 41.5. The zero-order valence-corrected chi connectivity index (χ0v) is 25.3. The first-order valence-corrected chi connectivity index (χ1v) is 14.5. The topological polar surface area (TPSA) is 175 Å². The van der Waals surface area contributed by atoms with Crippen molar-refractivity contribution in [3.05, 3.63) is 79.9 Å². The summed E-state index contributed by atoms with van der Waals surface area (Å²) < 4.78 is 0. The van der Waals surface area contributed by atoms with Crippen molar-refractivity contribution in [3.63, 3.8) is 0 Å². The van der Waals surface area contributed by atoms with Gasteiger partial charge in [0.2, 0.25) is 0 Å². The number of non-ortho nitro benzene ring substituents is 2. The van der Waals surface area contributed by atoms with Gasteiger partial charge < -0.3 is 29.6 Å². The standard InChI is InChI=1S/2C14H22N2O2.C2H2O4/c2*1-3-15(4-2)12-6-5-7-13-8-10-14(11-9-13)16(17)18;3-1(4)2(5)6/h2*8-11H,3-7,12H2,1-2H3;(H,3,4)(H,5,6). The highest BCUT2D eigenvalue weighted by Crippen LogP contribution is 2.14. The number of nitro benzene ring substituents is 2. The molecule has 0 aliphatic rings. The van der Waals surface area contributed by atoms with Crippen molar-refractivity contribution in [2.45, 2.75) is 66.2 Å². The van der Waals surface area contributed by atoms with Gasteiger partial charge >= 0.3 is 0 Å². The van der Waals surface area contributed by atoms with Gasteiger partial charge in [0.05, 0.1) is 61.1 Å². The molecule has 0 radical (unpaired) electrons. The van der Waals surface area contributed by atoms with E-state index >= 15 is 0 Å². The third kappa shape index (κ3) is 17.7. The van der Waals surface area contributed by atoms with Crippen LogP contribution in [0.4, 0.5) is 11.4 Å². The van der Waals surface area contributed by atoms with Gasteiger partial charge in [0.25, 0.3) is 11.4 Å². The second kappa shape index (κ2) is 22.8. The van der Waals surface area contributed by atoms with E-state index in [1.807, 2.05) is 24.3 Å². The van der Waals surface area contributed by atoms with E-state index in [1.54, 1.807) is 34.1 Å². The van der Waals surface area contributed by atoms with E-state index in [4.69, 9.17) is 19.8 Å². The summed E-state index contributed by atoms with van der Waals surface area (Å²) >= 11 is 0. The predicted octanol–water partition coefficient (Wildman–Crippen LogP) is 0.171. The summed E-state index contributed by atoms with van der Waals surface area (Å²) in [7, 11) is 0. The van der Waals surface area contributed by atoms with Crippen LogP contribution in [0, 0.1) is 20.2 Å². The highest BCUT2D eigenvalue weighted by atomic mass is 16.6. The lowest BCUT2D eigenvalue weighted by Gasteiger charge is -2.14. The average molecular weight is 591 g/mol. The van der Waals surface area contributed by atoms with Crippen LogP contribution in [0.1, 0.15) is 64.5 Å². The summed E-state index contributed by atoms with van der Waals surface area (Å²) in [6, 6.07) is 13.8. The number of aliphatic carboxylic acids is 2. The van der Waals surface area contributed by atoms with Gasteiger partial charge in [-0.3, -0.25) is 20.2 Å². The van der Waals surface area contributed by atoms with Gasteiger partial charge in [-0.1, -0.05) is 24.3 Å². The first-order chi connectivity index (χ1) is 20.0. The number of nitrogens with one attached hydrogen (secondary N) is 2. The Kier molecular flexibility index (Phi) is 20.6. The molecular formula is C30H46N4O8. The van der Waals surface area contributed by atoms with E-state index < -0.39 is 11.9 Å². The van der Waals surface area contributed by atoms with E-state index in [1.165, 1.54) is 63.2 Å². The van der Waals surface area contributed by atoms with Gasteiger partial charge in [-0.2, -0.15) is 0 Å². The van der Waals surface area contributed by atoms with Crippen LogP contribution in [0.15, 0.2) is 48.5 Å². The lowest BCUT2D eigenvalue weighted by atomic mass is 10.1. The van der Waals surface area contributed by atoms with E-state index in [0.29, 0.717) is 0 Å². The van der Waals surface area contributed by atoms with Gasteiger partial charge in [-0.05, 0) is 77.3 Å². The molecule has 12 heteroatoms. The normalized spacial score (nSPS) is 10.3. The first-order valence-electron chi connectivity index (χ1n) is 14.5. The number of nitro groups is 2. The number of hydrogen-bond donors (Lipinski definition) is 2. The van der Waals surface area contributed by atoms with Crippen molar-refractivity contribution >= 4 is 23.3 Å². The van der Waals surface area contributed by atoms with Crippen LogP contribution in [0.25, 0.3) is 0 Å². The fraction of sp³-hybridized carbons (Fsp3) is 0.533. The Morgan fingerprint density at radius 1 is 0.571 bits per heavy atom. The smallest absolute Gasteiger partial charge is 0.269 e.